The van der Waals surface area contributed by atoms with Gasteiger partial charge in [-0.15, -0.1) is 5.10 Å². The first kappa shape index (κ1) is 17.4. The van der Waals surface area contributed by atoms with Crippen molar-refractivity contribution in [1.29, 1.82) is 0 Å². The fraction of sp³-hybridized carbons (Fsp3) is 0.353. The molecule has 1 aromatic heterocycles. The maximum Gasteiger partial charge on any atom is 0.258 e. The average Bonchev–Trinajstić information content (AvgIpc) is 2.61. The van der Waals surface area contributed by atoms with Gasteiger partial charge in [0.2, 0.25) is 0 Å². The number of rotatable bonds is 3. The van der Waals surface area contributed by atoms with Crippen molar-refractivity contribution in [3.63, 3.8) is 0 Å². The van der Waals surface area contributed by atoms with Crippen molar-refractivity contribution in [3.05, 3.63) is 46.9 Å². The third kappa shape index (κ3) is 3.66. The van der Waals surface area contributed by atoms with Gasteiger partial charge in [-0.3, -0.25) is 4.79 Å². The number of piperazine rings is 1. The molecule has 0 spiro atoms. The molecule has 2 aromatic rings. The molecule has 1 aliphatic rings. The fourth-order valence-corrected chi connectivity index (χ4v) is 2.99. The lowest BCUT2D eigenvalue weighted by Gasteiger charge is -2.35. The number of amides is 1. The topological polar surface area (TPSA) is 52.6 Å². The molecular formula is C17H19ClFN5O. The van der Waals surface area contributed by atoms with Crippen molar-refractivity contribution in [3.8, 4) is 0 Å². The molecule has 1 aromatic carbocycles. The van der Waals surface area contributed by atoms with E-state index in [2.05, 4.69) is 15.1 Å². The molecule has 1 amide bonds. The molecule has 2 heterocycles. The molecule has 0 N–H and O–H groups in total. The highest BCUT2D eigenvalue weighted by atomic mass is 35.5. The van der Waals surface area contributed by atoms with Gasteiger partial charge in [0.1, 0.15) is 5.82 Å². The van der Waals surface area contributed by atoms with Crippen LogP contribution in [-0.2, 0) is 0 Å². The minimum absolute atomic E-state index is 0.0630. The van der Waals surface area contributed by atoms with Gasteiger partial charge in [0.15, 0.2) is 5.82 Å². The Bertz CT molecular complexity index is 757. The lowest BCUT2D eigenvalue weighted by atomic mass is 10.1. The number of carbonyl (C=O) groups excluding carboxylic acids is 1. The van der Waals surface area contributed by atoms with Gasteiger partial charge in [0, 0.05) is 46.3 Å². The smallest absolute Gasteiger partial charge is 0.258 e. The van der Waals surface area contributed by atoms with E-state index in [1.54, 1.807) is 11.1 Å². The summed E-state index contributed by atoms with van der Waals surface area (Å²) in [5.41, 5.74) is 0.897. The first-order valence-corrected chi connectivity index (χ1v) is 8.33. The predicted octanol–water partition coefficient (Wildman–Crippen LogP) is 2.30. The number of nitrogens with zero attached hydrogens (tertiary/aromatic N) is 5. The monoisotopic (exact) mass is 363 g/mol. The van der Waals surface area contributed by atoms with Crippen molar-refractivity contribution in [1.82, 2.24) is 15.1 Å². The van der Waals surface area contributed by atoms with Crippen LogP contribution in [0.5, 0.6) is 0 Å². The van der Waals surface area contributed by atoms with E-state index in [1.807, 2.05) is 25.1 Å². The van der Waals surface area contributed by atoms with E-state index in [4.69, 9.17) is 11.6 Å². The highest BCUT2D eigenvalue weighted by Gasteiger charge is 2.26. The highest BCUT2D eigenvalue weighted by Crippen LogP contribution is 2.23. The number of aromatic nitrogens is 2. The second-order valence-electron chi connectivity index (χ2n) is 6.04. The summed E-state index contributed by atoms with van der Waals surface area (Å²) < 4.78 is 14.0. The van der Waals surface area contributed by atoms with Crippen LogP contribution in [0.3, 0.4) is 0 Å². The molecule has 1 aliphatic heterocycles. The average molecular weight is 364 g/mol. The molecule has 1 saturated heterocycles. The number of carbonyl (C=O) groups is 1. The number of halogens is 2. The highest BCUT2D eigenvalue weighted by molar-refractivity contribution is 6.33. The zero-order chi connectivity index (χ0) is 18.0. The van der Waals surface area contributed by atoms with Crippen LogP contribution in [0, 0.1) is 5.82 Å². The van der Waals surface area contributed by atoms with E-state index in [0.29, 0.717) is 26.2 Å². The Morgan fingerprint density at radius 3 is 2.60 bits per heavy atom. The standard InChI is InChI=1S/C17H19ClFN5O/c1-22(2)12-10-15(21-20-11-12)23-6-8-24(9-7-23)17(25)16-13(18)4-3-5-14(16)19/h3-5,10-11H,6-9H2,1-2H3. The van der Waals surface area contributed by atoms with Gasteiger partial charge < -0.3 is 14.7 Å². The van der Waals surface area contributed by atoms with Crippen LogP contribution in [0.1, 0.15) is 10.4 Å². The Hall–Kier alpha value is -2.41. The molecule has 132 valence electrons. The second kappa shape index (κ2) is 7.23. The molecule has 8 heteroatoms. The van der Waals surface area contributed by atoms with E-state index >= 15 is 0 Å². The molecule has 0 aliphatic carbocycles. The molecule has 1 fully saturated rings. The summed E-state index contributed by atoms with van der Waals surface area (Å²) >= 11 is 5.99. The molecule has 3 rings (SSSR count). The molecular weight excluding hydrogens is 345 g/mol. The van der Waals surface area contributed by atoms with E-state index in [9.17, 15) is 9.18 Å². The SMILES string of the molecule is CN(C)c1cnnc(N2CCN(C(=O)c3c(F)cccc3Cl)CC2)c1. The fourth-order valence-electron chi connectivity index (χ4n) is 2.74. The van der Waals surface area contributed by atoms with Gasteiger partial charge in [0.05, 0.1) is 22.5 Å². The zero-order valence-corrected chi connectivity index (χ0v) is 14.9. The molecule has 0 radical (unpaired) electrons. The van der Waals surface area contributed by atoms with Crippen molar-refractivity contribution in [2.45, 2.75) is 0 Å². The normalized spacial score (nSPS) is 14.6. The Kier molecular flexibility index (Phi) is 5.03. The first-order chi connectivity index (χ1) is 12.0. The number of benzene rings is 1. The Morgan fingerprint density at radius 1 is 1.24 bits per heavy atom. The first-order valence-electron chi connectivity index (χ1n) is 7.95. The summed E-state index contributed by atoms with van der Waals surface area (Å²) in [4.78, 5) is 18.2. The molecule has 0 saturated carbocycles. The zero-order valence-electron chi connectivity index (χ0n) is 14.1. The summed E-state index contributed by atoms with van der Waals surface area (Å²) in [6.45, 7) is 2.14. The van der Waals surface area contributed by atoms with E-state index in [0.717, 1.165) is 11.5 Å². The van der Waals surface area contributed by atoms with Gasteiger partial charge in [-0.25, -0.2) is 4.39 Å². The van der Waals surface area contributed by atoms with Crippen LogP contribution < -0.4 is 9.80 Å². The molecule has 0 atom stereocenters. The summed E-state index contributed by atoms with van der Waals surface area (Å²) in [6.07, 6.45) is 1.70. The summed E-state index contributed by atoms with van der Waals surface area (Å²) in [5, 5.41) is 8.33. The second-order valence-corrected chi connectivity index (χ2v) is 6.45. The molecule has 6 nitrogen and oxygen atoms in total. The Balaban J connectivity index is 1.70. The minimum Gasteiger partial charge on any atom is -0.376 e. The van der Waals surface area contributed by atoms with Crippen LogP contribution in [0.25, 0.3) is 0 Å². The maximum atomic E-state index is 14.0. The summed E-state index contributed by atoms with van der Waals surface area (Å²) in [7, 11) is 3.88. The van der Waals surface area contributed by atoms with Gasteiger partial charge in [-0.2, -0.15) is 5.10 Å². The Morgan fingerprint density at radius 2 is 1.96 bits per heavy atom. The van der Waals surface area contributed by atoms with E-state index in [1.165, 1.54) is 18.2 Å². The lowest BCUT2D eigenvalue weighted by molar-refractivity contribution is 0.0742. The molecule has 0 bridgehead atoms. The Labute approximate surface area is 150 Å². The van der Waals surface area contributed by atoms with Gasteiger partial charge in [0.25, 0.3) is 5.91 Å². The summed E-state index contributed by atoms with van der Waals surface area (Å²) in [5.74, 6) is -0.206. The largest absolute Gasteiger partial charge is 0.376 e. The van der Waals surface area contributed by atoms with Crippen LogP contribution in [-0.4, -0.2) is 61.3 Å². The quantitative estimate of drug-likeness (QED) is 0.837. The summed E-state index contributed by atoms with van der Waals surface area (Å²) in [6, 6.07) is 6.22. The third-order valence-corrected chi connectivity index (χ3v) is 4.53. The van der Waals surface area contributed by atoms with Crippen molar-refractivity contribution < 1.29 is 9.18 Å². The van der Waals surface area contributed by atoms with Crippen molar-refractivity contribution in [2.24, 2.45) is 0 Å². The van der Waals surface area contributed by atoms with E-state index < -0.39 is 5.82 Å². The van der Waals surface area contributed by atoms with Crippen LogP contribution >= 0.6 is 11.6 Å². The number of hydrogen-bond acceptors (Lipinski definition) is 5. The van der Waals surface area contributed by atoms with Crippen LogP contribution in [0.4, 0.5) is 15.9 Å². The molecule has 0 unspecified atom stereocenters. The van der Waals surface area contributed by atoms with Gasteiger partial charge in [-0.1, -0.05) is 17.7 Å². The predicted molar refractivity (Wildman–Crippen MR) is 95.9 cm³/mol. The third-order valence-electron chi connectivity index (χ3n) is 4.21. The van der Waals surface area contributed by atoms with Crippen LogP contribution in [0.15, 0.2) is 30.5 Å². The maximum absolute atomic E-state index is 14.0. The van der Waals surface area contributed by atoms with Crippen LogP contribution in [0.2, 0.25) is 5.02 Å². The lowest BCUT2D eigenvalue weighted by Crippen LogP contribution is -2.49. The van der Waals surface area contributed by atoms with Crippen molar-refractivity contribution >= 4 is 29.0 Å². The number of hydrogen-bond donors (Lipinski definition) is 0. The van der Waals surface area contributed by atoms with Gasteiger partial charge in [-0.05, 0) is 12.1 Å². The number of anilines is 2. The van der Waals surface area contributed by atoms with Gasteiger partial charge >= 0.3 is 0 Å². The molecule has 25 heavy (non-hydrogen) atoms. The van der Waals surface area contributed by atoms with Crippen molar-refractivity contribution in [2.75, 3.05) is 50.1 Å². The minimum atomic E-state index is -0.593. The van der Waals surface area contributed by atoms with E-state index in [-0.39, 0.29) is 16.5 Å².